The van der Waals surface area contributed by atoms with Crippen LogP contribution >= 0.6 is 22.6 Å². The lowest BCUT2D eigenvalue weighted by Gasteiger charge is -2.02. The Morgan fingerprint density at radius 3 is 3.07 bits per heavy atom. The van der Waals surface area contributed by atoms with Crippen molar-refractivity contribution in [1.82, 2.24) is 19.6 Å². The molecule has 74 valence electrons. The lowest BCUT2D eigenvalue weighted by molar-refractivity contribution is 0.413. The maximum absolute atomic E-state index is 5.51. The number of hydrogen-bond donors (Lipinski definition) is 1. The molecule has 0 saturated heterocycles. The van der Waals surface area contributed by atoms with Gasteiger partial charge < -0.3 is 10.5 Å². The second kappa shape index (κ2) is 3.56. The monoisotopic (exact) mass is 305 g/mol. The van der Waals surface area contributed by atoms with E-state index in [0.717, 1.165) is 10.3 Å². The quantitative estimate of drug-likeness (QED) is 0.651. The first-order chi connectivity index (χ1) is 6.76. The lowest BCUT2D eigenvalue weighted by Crippen LogP contribution is -2.01. The molecular weight excluding hydrogens is 297 g/mol. The highest BCUT2D eigenvalue weighted by atomic mass is 127. The van der Waals surface area contributed by atoms with E-state index in [2.05, 4.69) is 37.7 Å². The number of aromatic nitrogens is 4. The Morgan fingerprint density at radius 2 is 2.43 bits per heavy atom. The fourth-order valence-electron chi connectivity index (χ4n) is 1.15. The maximum atomic E-state index is 5.51. The molecule has 2 heterocycles. The maximum Gasteiger partial charge on any atom is 0.240 e. The van der Waals surface area contributed by atoms with E-state index in [1.54, 1.807) is 17.8 Å². The Labute approximate surface area is 93.6 Å². The van der Waals surface area contributed by atoms with Gasteiger partial charge in [0.15, 0.2) is 5.75 Å². The third-order valence-corrected chi connectivity index (χ3v) is 2.44. The van der Waals surface area contributed by atoms with Gasteiger partial charge in [-0.15, -0.1) is 5.10 Å². The molecule has 2 N–H and O–H groups in total. The number of hydrogen-bond acceptors (Lipinski definition) is 5. The second-order valence-corrected chi connectivity index (χ2v) is 3.34. The fourth-order valence-corrected chi connectivity index (χ4v) is 1.67. The topological polar surface area (TPSA) is 78.3 Å². The summed E-state index contributed by atoms with van der Waals surface area (Å²) >= 11 is 2.20. The van der Waals surface area contributed by atoms with E-state index < -0.39 is 0 Å². The van der Waals surface area contributed by atoms with Crippen molar-refractivity contribution in [3.8, 4) is 5.75 Å². The number of nitrogens with zero attached hydrogens (tertiary/aromatic N) is 4. The Morgan fingerprint density at radius 1 is 1.64 bits per heavy atom. The summed E-state index contributed by atoms with van der Waals surface area (Å²) in [5.74, 6) is 1.59. The largest absolute Gasteiger partial charge is 0.491 e. The predicted molar refractivity (Wildman–Crippen MR) is 59.5 cm³/mol. The lowest BCUT2D eigenvalue weighted by atomic mass is 10.5. The zero-order valence-electron chi connectivity index (χ0n) is 7.44. The number of halogens is 1. The summed E-state index contributed by atoms with van der Waals surface area (Å²) < 4.78 is 7.43. The number of anilines is 1. The molecule has 0 spiro atoms. The van der Waals surface area contributed by atoms with Crippen LogP contribution in [-0.2, 0) is 4.43 Å². The van der Waals surface area contributed by atoms with Gasteiger partial charge in [0.2, 0.25) is 11.6 Å². The molecule has 7 heteroatoms. The molecular formula is C7H8IN5O. The van der Waals surface area contributed by atoms with Crippen LogP contribution in [0.2, 0.25) is 0 Å². The van der Waals surface area contributed by atoms with Crippen LogP contribution in [0.15, 0.2) is 6.20 Å². The molecule has 0 unspecified atom stereocenters. The number of ether oxygens (including phenoxy) is 1. The third kappa shape index (κ3) is 1.37. The summed E-state index contributed by atoms with van der Waals surface area (Å²) in [5, 5.41) is 4.03. The average molecular weight is 305 g/mol. The predicted octanol–water partition coefficient (Wildman–Crippen LogP) is 0.650. The van der Waals surface area contributed by atoms with Gasteiger partial charge in [-0.1, -0.05) is 22.6 Å². The molecule has 0 atom stereocenters. The fraction of sp³-hybridized carbons (Fsp3) is 0.286. The number of alkyl halides is 1. The minimum absolute atomic E-state index is 0.224. The van der Waals surface area contributed by atoms with Gasteiger partial charge in [0.05, 0.1) is 17.7 Å². The highest BCUT2D eigenvalue weighted by molar-refractivity contribution is 14.1. The van der Waals surface area contributed by atoms with Crippen LogP contribution in [-0.4, -0.2) is 26.7 Å². The zero-order valence-corrected chi connectivity index (χ0v) is 9.59. The van der Waals surface area contributed by atoms with E-state index >= 15 is 0 Å². The minimum atomic E-state index is 0.224. The molecule has 2 aromatic heterocycles. The Hall–Kier alpha value is -1.12. The molecule has 0 fully saturated rings. The Bertz CT molecular complexity index is 427. The molecule has 0 amide bonds. The van der Waals surface area contributed by atoms with Crippen LogP contribution in [0.4, 0.5) is 5.95 Å². The molecule has 0 radical (unpaired) electrons. The van der Waals surface area contributed by atoms with Crippen LogP contribution < -0.4 is 10.5 Å². The van der Waals surface area contributed by atoms with Crippen molar-refractivity contribution in [2.75, 3.05) is 12.8 Å². The molecule has 0 aromatic carbocycles. The van der Waals surface area contributed by atoms with Gasteiger partial charge >= 0.3 is 0 Å². The van der Waals surface area contributed by atoms with Crippen LogP contribution in [0.1, 0.15) is 5.82 Å². The van der Waals surface area contributed by atoms with E-state index in [9.17, 15) is 0 Å². The van der Waals surface area contributed by atoms with Gasteiger partial charge in [-0.2, -0.15) is 9.50 Å². The molecule has 0 aliphatic rings. The van der Waals surface area contributed by atoms with Crippen molar-refractivity contribution < 1.29 is 4.74 Å². The summed E-state index contributed by atoms with van der Waals surface area (Å²) in [6.45, 7) is 0. The first-order valence-corrected chi connectivity index (χ1v) is 5.39. The van der Waals surface area contributed by atoms with Crippen molar-refractivity contribution >= 4 is 34.2 Å². The highest BCUT2D eigenvalue weighted by Crippen LogP contribution is 2.18. The van der Waals surface area contributed by atoms with Gasteiger partial charge in [-0.25, -0.2) is 4.98 Å². The molecule has 6 nitrogen and oxygen atoms in total. The van der Waals surface area contributed by atoms with Crippen molar-refractivity contribution in [3.05, 3.63) is 12.0 Å². The Balaban J connectivity index is 2.77. The summed E-state index contributed by atoms with van der Waals surface area (Å²) in [4.78, 5) is 8.24. The summed E-state index contributed by atoms with van der Waals surface area (Å²) in [7, 11) is 1.56. The molecule has 0 aliphatic carbocycles. The summed E-state index contributed by atoms with van der Waals surface area (Å²) in [6, 6.07) is 0. The van der Waals surface area contributed by atoms with Gasteiger partial charge in [0.25, 0.3) is 0 Å². The van der Waals surface area contributed by atoms with Gasteiger partial charge in [0, 0.05) is 0 Å². The standard InChI is InChI=1S/C7H8IN5O/c1-14-4-3-10-5(2-8)13-6(4)11-7(9)12-13/h3H,2H2,1H3,(H2,9,12). The van der Waals surface area contributed by atoms with E-state index in [1.165, 1.54) is 0 Å². The minimum Gasteiger partial charge on any atom is -0.491 e. The van der Waals surface area contributed by atoms with Crippen molar-refractivity contribution in [1.29, 1.82) is 0 Å². The van der Waals surface area contributed by atoms with Crippen molar-refractivity contribution in [3.63, 3.8) is 0 Å². The zero-order chi connectivity index (χ0) is 10.1. The van der Waals surface area contributed by atoms with Crippen LogP contribution in [0.25, 0.3) is 5.65 Å². The van der Waals surface area contributed by atoms with Gasteiger partial charge in [0.1, 0.15) is 5.82 Å². The second-order valence-electron chi connectivity index (χ2n) is 2.58. The average Bonchev–Trinajstić information content (AvgIpc) is 2.57. The van der Waals surface area contributed by atoms with Gasteiger partial charge in [-0.3, -0.25) is 0 Å². The van der Waals surface area contributed by atoms with Crippen LogP contribution in [0.3, 0.4) is 0 Å². The normalized spacial score (nSPS) is 10.7. The molecule has 2 rings (SSSR count). The van der Waals surface area contributed by atoms with Crippen molar-refractivity contribution in [2.24, 2.45) is 0 Å². The number of rotatable bonds is 2. The van der Waals surface area contributed by atoms with Crippen molar-refractivity contribution in [2.45, 2.75) is 4.43 Å². The summed E-state index contributed by atoms with van der Waals surface area (Å²) in [5.41, 5.74) is 6.11. The van der Waals surface area contributed by atoms with Gasteiger partial charge in [-0.05, 0) is 0 Å². The highest BCUT2D eigenvalue weighted by Gasteiger charge is 2.10. The number of nitrogen functional groups attached to an aromatic ring is 1. The van der Waals surface area contributed by atoms with E-state index in [-0.39, 0.29) is 5.95 Å². The molecule has 2 aromatic rings. The first kappa shape index (κ1) is 9.44. The van der Waals surface area contributed by atoms with E-state index in [1.807, 2.05) is 0 Å². The molecule has 0 aliphatic heterocycles. The number of nitrogens with two attached hydrogens (primary N) is 1. The molecule has 0 bridgehead atoms. The SMILES string of the molecule is COc1cnc(CI)n2nc(N)nc12. The molecule has 0 saturated carbocycles. The van der Waals surface area contributed by atoms with E-state index in [4.69, 9.17) is 10.5 Å². The Kier molecular flexibility index (Phi) is 2.40. The van der Waals surface area contributed by atoms with Crippen LogP contribution in [0, 0.1) is 0 Å². The van der Waals surface area contributed by atoms with Crippen LogP contribution in [0.5, 0.6) is 5.75 Å². The number of methoxy groups -OCH3 is 1. The smallest absolute Gasteiger partial charge is 0.240 e. The number of fused-ring (bicyclic) bond motifs is 1. The first-order valence-electron chi connectivity index (χ1n) is 3.86. The van der Waals surface area contributed by atoms with E-state index in [0.29, 0.717) is 11.4 Å². The third-order valence-electron chi connectivity index (χ3n) is 1.76. The summed E-state index contributed by atoms with van der Waals surface area (Å²) in [6.07, 6.45) is 1.62. The molecule has 14 heavy (non-hydrogen) atoms.